The number of carbonyl (C=O) groups excluding carboxylic acids is 1. The highest BCUT2D eigenvalue weighted by atomic mass is 35.5. The maximum atomic E-state index is 12.5. The van der Waals surface area contributed by atoms with Crippen LogP contribution in [0, 0.1) is 0 Å². The number of carbonyl (C=O) groups is 1. The van der Waals surface area contributed by atoms with E-state index in [1.54, 1.807) is 29.5 Å². The first-order chi connectivity index (χ1) is 12.1. The fraction of sp³-hybridized carbons (Fsp3) is 0.118. The van der Waals surface area contributed by atoms with Gasteiger partial charge in [-0.1, -0.05) is 52.9 Å². The molecule has 1 unspecified atom stereocenters. The molecule has 0 radical (unpaired) electrons. The van der Waals surface area contributed by atoms with Crippen LogP contribution < -0.4 is 5.32 Å². The average Bonchev–Trinajstić information content (AvgIpc) is 3.14. The van der Waals surface area contributed by atoms with Crippen molar-refractivity contribution in [2.45, 2.75) is 17.3 Å². The van der Waals surface area contributed by atoms with Crippen LogP contribution in [0.4, 0.5) is 5.69 Å². The molecule has 0 aliphatic carbocycles. The fourth-order valence-corrected chi connectivity index (χ4v) is 4.53. The van der Waals surface area contributed by atoms with E-state index in [0.717, 1.165) is 15.2 Å². The summed E-state index contributed by atoms with van der Waals surface area (Å²) in [6.45, 7) is 1.85. The maximum Gasteiger partial charge on any atom is 0.237 e. The molecule has 2 aromatic carbocycles. The standard InChI is InChI=1S/C17H13ClN4OS2/c1-10(15(23)19-12-6-4-5-11(18)9-12)24-16-20-21-17-22(16)13-7-2-3-8-14(13)25-17/h2-10H,1H3,(H,19,23). The third-order valence-corrected chi connectivity index (χ3v) is 5.94. The van der Waals surface area contributed by atoms with Gasteiger partial charge in [-0.3, -0.25) is 9.20 Å². The summed E-state index contributed by atoms with van der Waals surface area (Å²) in [5.74, 6) is -0.108. The minimum atomic E-state index is -0.329. The van der Waals surface area contributed by atoms with Crippen LogP contribution in [0.5, 0.6) is 0 Å². The molecule has 0 bridgehead atoms. The molecule has 0 spiro atoms. The Bertz CT molecular complexity index is 1070. The van der Waals surface area contributed by atoms with E-state index in [-0.39, 0.29) is 11.2 Å². The molecule has 0 saturated carbocycles. The molecule has 1 atom stereocenters. The second-order valence-electron chi connectivity index (χ2n) is 5.43. The van der Waals surface area contributed by atoms with Crippen molar-refractivity contribution in [1.29, 1.82) is 0 Å². The van der Waals surface area contributed by atoms with Gasteiger partial charge in [0.25, 0.3) is 0 Å². The summed E-state index contributed by atoms with van der Waals surface area (Å²) >= 11 is 8.92. The predicted molar refractivity (Wildman–Crippen MR) is 104 cm³/mol. The van der Waals surface area contributed by atoms with Gasteiger partial charge in [0.2, 0.25) is 10.9 Å². The number of thioether (sulfide) groups is 1. The van der Waals surface area contributed by atoms with Crippen LogP contribution >= 0.6 is 34.7 Å². The van der Waals surface area contributed by atoms with Crippen molar-refractivity contribution in [3.05, 3.63) is 53.6 Å². The molecule has 8 heteroatoms. The largest absolute Gasteiger partial charge is 0.325 e. The van der Waals surface area contributed by atoms with Crippen LogP contribution in [0.15, 0.2) is 53.7 Å². The van der Waals surface area contributed by atoms with Gasteiger partial charge in [-0.05, 0) is 37.3 Å². The number of benzene rings is 2. The Balaban J connectivity index is 1.57. The van der Waals surface area contributed by atoms with Gasteiger partial charge in [0.1, 0.15) is 0 Å². The summed E-state index contributed by atoms with van der Waals surface area (Å²) in [7, 11) is 0. The zero-order chi connectivity index (χ0) is 17.4. The van der Waals surface area contributed by atoms with Crippen molar-refractivity contribution >= 4 is 61.5 Å². The van der Waals surface area contributed by atoms with Gasteiger partial charge in [-0.25, -0.2) is 0 Å². The Morgan fingerprint density at radius 2 is 2.08 bits per heavy atom. The third-order valence-electron chi connectivity index (χ3n) is 3.65. The first-order valence-corrected chi connectivity index (χ1v) is 9.65. The Morgan fingerprint density at radius 1 is 1.24 bits per heavy atom. The molecule has 0 saturated heterocycles. The number of rotatable bonds is 4. The van der Waals surface area contributed by atoms with Gasteiger partial charge in [0.05, 0.1) is 15.5 Å². The van der Waals surface area contributed by atoms with E-state index in [1.165, 1.54) is 11.8 Å². The molecular formula is C17H13ClN4OS2. The lowest BCUT2D eigenvalue weighted by Gasteiger charge is -2.11. The van der Waals surface area contributed by atoms with E-state index in [1.807, 2.05) is 35.6 Å². The minimum absolute atomic E-state index is 0.108. The number of hydrogen-bond donors (Lipinski definition) is 1. The fourth-order valence-electron chi connectivity index (χ4n) is 2.45. The molecule has 25 heavy (non-hydrogen) atoms. The number of anilines is 1. The van der Waals surface area contributed by atoms with Crippen molar-refractivity contribution in [1.82, 2.24) is 14.6 Å². The Labute approximate surface area is 157 Å². The number of thiazole rings is 1. The second kappa shape index (κ2) is 6.67. The summed E-state index contributed by atoms with van der Waals surface area (Å²) in [5.41, 5.74) is 1.73. The Morgan fingerprint density at radius 3 is 2.92 bits per heavy atom. The molecule has 126 valence electrons. The highest BCUT2D eigenvalue weighted by molar-refractivity contribution is 8.00. The van der Waals surface area contributed by atoms with Gasteiger partial charge in [0.15, 0.2) is 5.16 Å². The average molecular weight is 389 g/mol. The number of para-hydroxylation sites is 1. The lowest BCUT2D eigenvalue weighted by Crippen LogP contribution is -2.22. The summed E-state index contributed by atoms with van der Waals surface area (Å²) < 4.78 is 3.14. The number of fused-ring (bicyclic) bond motifs is 3. The van der Waals surface area contributed by atoms with Crippen LogP contribution in [0.1, 0.15) is 6.92 Å². The van der Waals surface area contributed by atoms with Crippen molar-refractivity contribution in [2.24, 2.45) is 0 Å². The van der Waals surface area contributed by atoms with E-state index in [0.29, 0.717) is 15.9 Å². The Kier molecular flexibility index (Phi) is 4.37. The van der Waals surface area contributed by atoms with E-state index in [2.05, 4.69) is 21.6 Å². The molecular weight excluding hydrogens is 376 g/mol. The monoisotopic (exact) mass is 388 g/mol. The maximum absolute atomic E-state index is 12.5. The molecule has 0 aliphatic heterocycles. The van der Waals surface area contributed by atoms with E-state index in [4.69, 9.17) is 11.6 Å². The molecule has 5 nitrogen and oxygen atoms in total. The lowest BCUT2D eigenvalue weighted by molar-refractivity contribution is -0.115. The van der Waals surface area contributed by atoms with Gasteiger partial charge in [-0.2, -0.15) is 0 Å². The molecule has 1 amide bonds. The van der Waals surface area contributed by atoms with Crippen LogP contribution in [-0.2, 0) is 4.79 Å². The second-order valence-corrected chi connectivity index (χ2v) is 8.18. The summed E-state index contributed by atoms with van der Waals surface area (Å²) in [5, 5.41) is 12.3. The summed E-state index contributed by atoms with van der Waals surface area (Å²) in [6, 6.07) is 15.2. The zero-order valence-electron chi connectivity index (χ0n) is 13.1. The number of nitrogens with one attached hydrogen (secondary N) is 1. The number of halogens is 1. The zero-order valence-corrected chi connectivity index (χ0v) is 15.5. The molecule has 2 heterocycles. The summed E-state index contributed by atoms with van der Waals surface area (Å²) in [4.78, 5) is 13.3. The van der Waals surface area contributed by atoms with E-state index >= 15 is 0 Å². The van der Waals surface area contributed by atoms with Crippen LogP contribution in [0.2, 0.25) is 5.02 Å². The van der Waals surface area contributed by atoms with Crippen LogP contribution in [0.3, 0.4) is 0 Å². The first-order valence-electron chi connectivity index (χ1n) is 7.57. The lowest BCUT2D eigenvalue weighted by atomic mass is 10.3. The molecule has 0 aliphatic rings. The van der Waals surface area contributed by atoms with Crippen molar-refractivity contribution < 1.29 is 4.79 Å². The normalized spacial score (nSPS) is 12.6. The molecule has 4 aromatic rings. The molecule has 4 rings (SSSR count). The Hall–Kier alpha value is -2.09. The van der Waals surface area contributed by atoms with Gasteiger partial charge >= 0.3 is 0 Å². The number of nitrogens with zero attached hydrogens (tertiary/aromatic N) is 3. The SMILES string of the molecule is CC(Sc1nnc2sc3ccccc3n12)C(=O)Nc1cccc(Cl)c1. The highest BCUT2D eigenvalue weighted by Crippen LogP contribution is 2.31. The first kappa shape index (κ1) is 16.4. The van der Waals surface area contributed by atoms with Crippen molar-refractivity contribution in [3.63, 3.8) is 0 Å². The van der Waals surface area contributed by atoms with Crippen molar-refractivity contribution in [3.8, 4) is 0 Å². The van der Waals surface area contributed by atoms with Crippen LogP contribution in [-0.4, -0.2) is 25.8 Å². The molecule has 2 aromatic heterocycles. The van der Waals surface area contributed by atoms with Crippen LogP contribution in [0.25, 0.3) is 15.2 Å². The highest BCUT2D eigenvalue weighted by Gasteiger charge is 2.20. The smallest absolute Gasteiger partial charge is 0.237 e. The minimum Gasteiger partial charge on any atom is -0.325 e. The molecule has 1 N–H and O–H groups in total. The number of hydrogen-bond acceptors (Lipinski definition) is 5. The predicted octanol–water partition coefficient (Wildman–Crippen LogP) is 4.72. The number of amides is 1. The quantitative estimate of drug-likeness (QED) is 0.514. The van der Waals surface area contributed by atoms with E-state index in [9.17, 15) is 4.79 Å². The molecule has 0 fully saturated rings. The van der Waals surface area contributed by atoms with Crippen molar-refractivity contribution in [2.75, 3.05) is 5.32 Å². The summed E-state index contributed by atoms with van der Waals surface area (Å²) in [6.07, 6.45) is 0. The topological polar surface area (TPSA) is 59.3 Å². The third kappa shape index (κ3) is 3.22. The van der Waals surface area contributed by atoms with Gasteiger partial charge in [-0.15, -0.1) is 10.2 Å². The number of aromatic nitrogens is 3. The van der Waals surface area contributed by atoms with Gasteiger partial charge in [0, 0.05) is 10.7 Å². The van der Waals surface area contributed by atoms with E-state index < -0.39 is 0 Å². The van der Waals surface area contributed by atoms with Gasteiger partial charge < -0.3 is 5.32 Å².